The highest BCUT2D eigenvalue weighted by Gasteiger charge is 2.28. The first kappa shape index (κ1) is 13.1. The summed E-state index contributed by atoms with van der Waals surface area (Å²) >= 11 is 0. The fourth-order valence-corrected chi connectivity index (χ4v) is 2.86. The van der Waals surface area contributed by atoms with Crippen LogP contribution >= 0.6 is 0 Å². The Labute approximate surface area is 117 Å². The molecule has 2 heterocycles. The van der Waals surface area contributed by atoms with E-state index in [4.69, 9.17) is 10.5 Å². The van der Waals surface area contributed by atoms with E-state index in [9.17, 15) is 9.59 Å². The summed E-state index contributed by atoms with van der Waals surface area (Å²) in [7, 11) is 0. The average Bonchev–Trinajstić information content (AvgIpc) is 3.05. The van der Waals surface area contributed by atoms with Crippen LogP contribution in [0.2, 0.25) is 0 Å². The van der Waals surface area contributed by atoms with E-state index in [1.165, 1.54) is 0 Å². The number of primary amides is 1. The molecule has 5 nitrogen and oxygen atoms in total. The predicted octanol–water partition coefficient (Wildman–Crippen LogP) is 0.611. The van der Waals surface area contributed by atoms with Crippen molar-refractivity contribution >= 4 is 11.7 Å². The molecule has 1 unspecified atom stereocenters. The van der Waals surface area contributed by atoms with Crippen LogP contribution in [0.1, 0.15) is 22.3 Å². The number of carbonyl (C=O) groups excluding carboxylic acids is 2. The van der Waals surface area contributed by atoms with E-state index in [0.29, 0.717) is 19.7 Å². The third-order valence-corrected chi connectivity index (χ3v) is 4.05. The number of likely N-dealkylation sites (tertiary alicyclic amines) is 1. The van der Waals surface area contributed by atoms with Gasteiger partial charge >= 0.3 is 0 Å². The summed E-state index contributed by atoms with van der Waals surface area (Å²) in [6, 6.07) is 5.60. The molecule has 0 aromatic heterocycles. The van der Waals surface area contributed by atoms with Crippen molar-refractivity contribution in [2.75, 3.05) is 26.2 Å². The van der Waals surface area contributed by atoms with Crippen molar-refractivity contribution in [3.63, 3.8) is 0 Å². The van der Waals surface area contributed by atoms with Crippen molar-refractivity contribution < 1.29 is 14.3 Å². The van der Waals surface area contributed by atoms with E-state index < -0.39 is 0 Å². The van der Waals surface area contributed by atoms with Crippen LogP contribution in [0.25, 0.3) is 0 Å². The Morgan fingerprint density at radius 2 is 2.25 bits per heavy atom. The molecule has 2 N–H and O–H groups in total. The second-order valence-electron chi connectivity index (χ2n) is 5.47. The summed E-state index contributed by atoms with van der Waals surface area (Å²) in [6.07, 6.45) is 1.62. The number of carbonyl (C=O) groups is 2. The Balaban J connectivity index is 1.64. The number of ketones is 1. The van der Waals surface area contributed by atoms with Crippen LogP contribution in [0.5, 0.6) is 5.75 Å². The second kappa shape index (κ2) is 5.25. The highest BCUT2D eigenvalue weighted by atomic mass is 16.5. The lowest BCUT2D eigenvalue weighted by Crippen LogP contribution is -2.31. The van der Waals surface area contributed by atoms with Gasteiger partial charge in [-0.1, -0.05) is 0 Å². The lowest BCUT2D eigenvalue weighted by molar-refractivity contribution is -0.121. The third kappa shape index (κ3) is 2.54. The standard InChI is InChI=1S/C15H18N2O3/c16-15(19)12-3-5-17(8-12)9-13(18)10-1-2-14-11(7-10)4-6-20-14/h1-2,7,12H,3-6,8-9H2,(H2,16,19). The van der Waals surface area contributed by atoms with Gasteiger partial charge in [-0.2, -0.15) is 0 Å². The van der Waals surface area contributed by atoms with E-state index >= 15 is 0 Å². The van der Waals surface area contributed by atoms with Gasteiger partial charge in [0, 0.05) is 18.5 Å². The van der Waals surface area contributed by atoms with Gasteiger partial charge in [0.15, 0.2) is 5.78 Å². The zero-order chi connectivity index (χ0) is 14.1. The Morgan fingerprint density at radius 1 is 1.40 bits per heavy atom. The van der Waals surface area contributed by atoms with Crippen LogP contribution in [0, 0.1) is 5.92 Å². The molecule has 1 aromatic rings. The zero-order valence-electron chi connectivity index (χ0n) is 11.3. The predicted molar refractivity (Wildman–Crippen MR) is 73.7 cm³/mol. The molecule has 1 aromatic carbocycles. The number of hydrogen-bond acceptors (Lipinski definition) is 4. The van der Waals surface area contributed by atoms with Gasteiger partial charge in [-0.25, -0.2) is 0 Å². The number of benzene rings is 1. The van der Waals surface area contributed by atoms with Crippen LogP contribution in [0.4, 0.5) is 0 Å². The minimum Gasteiger partial charge on any atom is -0.493 e. The van der Waals surface area contributed by atoms with E-state index in [-0.39, 0.29) is 17.6 Å². The number of rotatable bonds is 4. The summed E-state index contributed by atoms with van der Waals surface area (Å²) in [5.74, 6) is 0.590. The smallest absolute Gasteiger partial charge is 0.221 e. The van der Waals surface area contributed by atoms with Crippen LogP contribution in [-0.2, 0) is 11.2 Å². The normalized spacial score (nSPS) is 21.5. The average molecular weight is 274 g/mol. The molecule has 0 spiro atoms. The largest absolute Gasteiger partial charge is 0.493 e. The molecule has 1 saturated heterocycles. The highest BCUT2D eigenvalue weighted by molar-refractivity contribution is 5.98. The molecular formula is C15H18N2O3. The molecule has 1 atom stereocenters. The molecule has 0 saturated carbocycles. The highest BCUT2D eigenvalue weighted by Crippen LogP contribution is 2.26. The summed E-state index contributed by atoms with van der Waals surface area (Å²) in [5.41, 5.74) is 7.12. The number of ether oxygens (including phenoxy) is 1. The van der Waals surface area contributed by atoms with Crippen LogP contribution < -0.4 is 10.5 Å². The van der Waals surface area contributed by atoms with Gasteiger partial charge in [-0.15, -0.1) is 0 Å². The Kier molecular flexibility index (Phi) is 3.44. The fraction of sp³-hybridized carbons (Fsp3) is 0.467. The Morgan fingerprint density at radius 3 is 3.00 bits per heavy atom. The molecule has 106 valence electrons. The molecule has 1 fully saturated rings. The number of hydrogen-bond donors (Lipinski definition) is 1. The van der Waals surface area contributed by atoms with E-state index in [1.807, 2.05) is 23.1 Å². The second-order valence-corrected chi connectivity index (χ2v) is 5.47. The van der Waals surface area contributed by atoms with E-state index in [0.717, 1.165) is 36.3 Å². The Hall–Kier alpha value is -1.88. The van der Waals surface area contributed by atoms with Crippen molar-refractivity contribution in [2.45, 2.75) is 12.8 Å². The lowest BCUT2D eigenvalue weighted by atomic mass is 10.1. The third-order valence-electron chi connectivity index (χ3n) is 4.05. The summed E-state index contributed by atoms with van der Waals surface area (Å²) < 4.78 is 5.43. The fourth-order valence-electron chi connectivity index (χ4n) is 2.86. The van der Waals surface area contributed by atoms with Gasteiger partial charge in [0.25, 0.3) is 0 Å². The van der Waals surface area contributed by atoms with Gasteiger partial charge in [0.1, 0.15) is 5.75 Å². The minimum atomic E-state index is -0.269. The van der Waals surface area contributed by atoms with Crippen molar-refractivity contribution in [3.05, 3.63) is 29.3 Å². The van der Waals surface area contributed by atoms with Gasteiger partial charge in [-0.05, 0) is 36.7 Å². The number of Topliss-reactive ketones (excluding diaryl/α,β-unsaturated/α-hetero) is 1. The molecule has 0 bridgehead atoms. The number of amides is 1. The van der Waals surface area contributed by atoms with E-state index in [1.54, 1.807) is 0 Å². The maximum Gasteiger partial charge on any atom is 0.221 e. The maximum atomic E-state index is 12.3. The van der Waals surface area contributed by atoms with Crippen LogP contribution in [0.15, 0.2) is 18.2 Å². The molecule has 0 radical (unpaired) electrons. The number of fused-ring (bicyclic) bond motifs is 1. The van der Waals surface area contributed by atoms with Crippen molar-refractivity contribution in [3.8, 4) is 5.75 Å². The molecule has 1 amide bonds. The van der Waals surface area contributed by atoms with Crippen molar-refractivity contribution in [1.29, 1.82) is 0 Å². The van der Waals surface area contributed by atoms with Gasteiger partial charge in [-0.3, -0.25) is 14.5 Å². The number of nitrogens with two attached hydrogens (primary N) is 1. The van der Waals surface area contributed by atoms with Crippen LogP contribution in [0.3, 0.4) is 0 Å². The summed E-state index contributed by atoms with van der Waals surface area (Å²) in [5, 5.41) is 0. The summed E-state index contributed by atoms with van der Waals surface area (Å²) in [4.78, 5) is 25.4. The molecule has 0 aliphatic carbocycles. The molecular weight excluding hydrogens is 256 g/mol. The van der Waals surface area contributed by atoms with Crippen molar-refractivity contribution in [1.82, 2.24) is 4.90 Å². The molecule has 20 heavy (non-hydrogen) atoms. The van der Waals surface area contributed by atoms with Gasteiger partial charge in [0.05, 0.1) is 19.1 Å². The quantitative estimate of drug-likeness (QED) is 0.817. The molecule has 2 aliphatic heterocycles. The SMILES string of the molecule is NC(=O)C1CCN(CC(=O)c2ccc3c(c2)CCO3)C1. The first-order valence-corrected chi connectivity index (χ1v) is 6.94. The van der Waals surface area contributed by atoms with Crippen LogP contribution in [-0.4, -0.2) is 42.8 Å². The first-order chi connectivity index (χ1) is 9.63. The monoisotopic (exact) mass is 274 g/mol. The zero-order valence-corrected chi connectivity index (χ0v) is 11.3. The Bertz CT molecular complexity index is 556. The first-order valence-electron chi connectivity index (χ1n) is 6.94. The number of nitrogens with zero attached hydrogens (tertiary/aromatic N) is 1. The topological polar surface area (TPSA) is 72.6 Å². The van der Waals surface area contributed by atoms with Gasteiger partial charge in [0.2, 0.25) is 5.91 Å². The molecule has 2 aliphatic rings. The lowest BCUT2D eigenvalue weighted by Gasteiger charge is -2.14. The summed E-state index contributed by atoms with van der Waals surface area (Å²) in [6.45, 7) is 2.39. The maximum absolute atomic E-state index is 12.3. The van der Waals surface area contributed by atoms with Gasteiger partial charge < -0.3 is 10.5 Å². The van der Waals surface area contributed by atoms with Crippen molar-refractivity contribution in [2.24, 2.45) is 11.7 Å². The molecule has 3 rings (SSSR count). The molecule has 5 heteroatoms. The minimum absolute atomic E-state index is 0.0878. The van der Waals surface area contributed by atoms with E-state index in [2.05, 4.69) is 0 Å².